The summed E-state index contributed by atoms with van der Waals surface area (Å²) in [6, 6.07) is 0. The number of carboxylic acids is 1. The summed E-state index contributed by atoms with van der Waals surface area (Å²) < 4.78 is 0. The number of rotatable bonds is 4. The summed E-state index contributed by atoms with van der Waals surface area (Å²) in [4.78, 5) is 21.9. The van der Waals surface area contributed by atoms with Crippen molar-refractivity contribution in [2.45, 2.75) is 51.0 Å². The maximum atomic E-state index is 11.2. The fourth-order valence-corrected chi connectivity index (χ4v) is 3.08. The third-order valence-electron chi connectivity index (χ3n) is 4.15. The first-order valence-electron chi connectivity index (χ1n) is 6.78. The Kier molecular flexibility index (Phi) is 4.02. The first kappa shape index (κ1) is 13.8. The Labute approximate surface area is 113 Å². The molecule has 1 N–H and O–H groups in total. The highest BCUT2D eigenvalue weighted by molar-refractivity contribution is 5.69. The van der Waals surface area contributed by atoms with Crippen molar-refractivity contribution < 1.29 is 9.90 Å². The lowest BCUT2D eigenvalue weighted by molar-refractivity contribution is -0.138. The monoisotopic (exact) mass is 263 g/mol. The third-order valence-corrected chi connectivity index (χ3v) is 4.15. The van der Waals surface area contributed by atoms with E-state index in [4.69, 9.17) is 0 Å². The van der Waals surface area contributed by atoms with E-state index in [1.54, 1.807) is 12.4 Å². The summed E-state index contributed by atoms with van der Waals surface area (Å²) in [5.41, 5.74) is 0.533. The molecule has 104 valence electrons. The smallest absolute Gasteiger partial charge is 0.305 e. The van der Waals surface area contributed by atoms with Crippen molar-refractivity contribution >= 4 is 11.8 Å². The third kappa shape index (κ3) is 2.85. The van der Waals surface area contributed by atoms with Gasteiger partial charge in [-0.25, -0.2) is 4.98 Å². The van der Waals surface area contributed by atoms with E-state index in [0.717, 1.165) is 37.2 Å². The molecule has 0 radical (unpaired) electrons. The van der Waals surface area contributed by atoms with Gasteiger partial charge < -0.3 is 10.0 Å². The predicted molar refractivity (Wildman–Crippen MR) is 73.2 cm³/mol. The number of hydrogen-bond donors (Lipinski definition) is 1. The van der Waals surface area contributed by atoms with Gasteiger partial charge in [0.05, 0.1) is 17.7 Å². The van der Waals surface area contributed by atoms with Crippen LogP contribution < -0.4 is 4.90 Å². The molecule has 1 aliphatic rings. The molecule has 1 aromatic heterocycles. The molecule has 2 rings (SSSR count). The zero-order valence-electron chi connectivity index (χ0n) is 11.6. The lowest BCUT2D eigenvalue weighted by Gasteiger charge is -2.44. The summed E-state index contributed by atoms with van der Waals surface area (Å²) in [7, 11) is 1.95. The molecule has 1 heterocycles. The molecule has 1 aliphatic carbocycles. The SMILES string of the molecule is Cc1nccnc1N(C)C1(CC(=O)O)CCCCC1. The van der Waals surface area contributed by atoms with Gasteiger partial charge in [-0.05, 0) is 19.8 Å². The molecule has 0 amide bonds. The van der Waals surface area contributed by atoms with Gasteiger partial charge in [0.25, 0.3) is 0 Å². The van der Waals surface area contributed by atoms with E-state index >= 15 is 0 Å². The van der Waals surface area contributed by atoms with Crippen molar-refractivity contribution in [3.63, 3.8) is 0 Å². The molecule has 0 aromatic carbocycles. The van der Waals surface area contributed by atoms with E-state index in [1.807, 2.05) is 18.9 Å². The van der Waals surface area contributed by atoms with Crippen LogP contribution in [0.2, 0.25) is 0 Å². The van der Waals surface area contributed by atoms with Crippen molar-refractivity contribution in [3.05, 3.63) is 18.1 Å². The summed E-state index contributed by atoms with van der Waals surface area (Å²) in [5.74, 6) is 0.0564. The van der Waals surface area contributed by atoms with Gasteiger partial charge in [0.1, 0.15) is 5.82 Å². The standard InChI is InChI=1S/C14H21N3O2/c1-11-13(16-9-8-15-11)17(2)14(10-12(18)19)6-4-3-5-7-14/h8-9H,3-7,10H2,1-2H3,(H,18,19). The minimum absolute atomic E-state index is 0.166. The lowest BCUT2D eigenvalue weighted by atomic mass is 9.78. The van der Waals surface area contributed by atoms with Crippen LogP contribution in [0.25, 0.3) is 0 Å². The Morgan fingerprint density at radius 3 is 2.53 bits per heavy atom. The van der Waals surface area contributed by atoms with Crippen LogP contribution in [0, 0.1) is 6.92 Å². The number of anilines is 1. The molecular formula is C14H21N3O2. The Morgan fingerprint density at radius 1 is 1.32 bits per heavy atom. The van der Waals surface area contributed by atoms with E-state index < -0.39 is 5.97 Å². The number of aromatic nitrogens is 2. The van der Waals surface area contributed by atoms with Crippen LogP contribution in [0.4, 0.5) is 5.82 Å². The van der Waals surface area contributed by atoms with Crippen molar-refractivity contribution in [2.75, 3.05) is 11.9 Å². The van der Waals surface area contributed by atoms with Gasteiger partial charge in [0.2, 0.25) is 0 Å². The molecule has 0 spiro atoms. The van der Waals surface area contributed by atoms with E-state index in [-0.39, 0.29) is 12.0 Å². The average Bonchev–Trinajstić information content (AvgIpc) is 2.39. The van der Waals surface area contributed by atoms with Crippen LogP contribution >= 0.6 is 0 Å². The summed E-state index contributed by atoms with van der Waals surface area (Å²) in [6.45, 7) is 1.91. The van der Waals surface area contributed by atoms with Crippen molar-refractivity contribution in [1.29, 1.82) is 0 Å². The molecule has 0 unspecified atom stereocenters. The van der Waals surface area contributed by atoms with Gasteiger partial charge in [-0.15, -0.1) is 0 Å². The Balaban J connectivity index is 2.32. The van der Waals surface area contributed by atoms with Crippen LogP contribution in [0.3, 0.4) is 0 Å². The van der Waals surface area contributed by atoms with Crippen LogP contribution in [-0.4, -0.2) is 33.6 Å². The fraction of sp³-hybridized carbons (Fsp3) is 0.643. The highest BCUT2D eigenvalue weighted by Crippen LogP contribution is 2.38. The Bertz CT molecular complexity index is 456. The van der Waals surface area contributed by atoms with Gasteiger partial charge in [-0.2, -0.15) is 0 Å². The van der Waals surface area contributed by atoms with Crippen LogP contribution in [0.15, 0.2) is 12.4 Å². The summed E-state index contributed by atoms with van der Waals surface area (Å²) >= 11 is 0. The first-order valence-corrected chi connectivity index (χ1v) is 6.78. The molecule has 1 saturated carbocycles. The minimum Gasteiger partial charge on any atom is -0.481 e. The highest BCUT2D eigenvalue weighted by Gasteiger charge is 2.39. The number of aryl methyl sites for hydroxylation is 1. The van der Waals surface area contributed by atoms with Crippen molar-refractivity contribution in [3.8, 4) is 0 Å². The van der Waals surface area contributed by atoms with E-state index in [1.165, 1.54) is 6.42 Å². The van der Waals surface area contributed by atoms with Crippen molar-refractivity contribution in [1.82, 2.24) is 9.97 Å². The second-order valence-electron chi connectivity index (χ2n) is 5.38. The fourth-order valence-electron chi connectivity index (χ4n) is 3.08. The van der Waals surface area contributed by atoms with Crippen LogP contribution in [0.5, 0.6) is 0 Å². The molecule has 0 aliphatic heterocycles. The summed E-state index contributed by atoms with van der Waals surface area (Å²) in [6.07, 6.45) is 8.66. The predicted octanol–water partition coefficient (Wildman–Crippen LogP) is 2.40. The number of carboxylic acid groups (broad SMARTS) is 1. The minimum atomic E-state index is -0.740. The highest BCUT2D eigenvalue weighted by atomic mass is 16.4. The topological polar surface area (TPSA) is 66.3 Å². The van der Waals surface area contributed by atoms with Crippen molar-refractivity contribution in [2.24, 2.45) is 0 Å². The largest absolute Gasteiger partial charge is 0.481 e. The average molecular weight is 263 g/mol. The van der Waals surface area contributed by atoms with Gasteiger partial charge in [-0.1, -0.05) is 19.3 Å². The second-order valence-corrected chi connectivity index (χ2v) is 5.38. The molecule has 5 nitrogen and oxygen atoms in total. The maximum absolute atomic E-state index is 11.2. The molecule has 5 heteroatoms. The number of nitrogens with zero attached hydrogens (tertiary/aromatic N) is 3. The van der Waals surface area contributed by atoms with Crippen LogP contribution in [0.1, 0.15) is 44.2 Å². The molecule has 1 fully saturated rings. The molecule has 0 atom stereocenters. The summed E-state index contributed by atoms with van der Waals surface area (Å²) in [5, 5.41) is 9.23. The maximum Gasteiger partial charge on any atom is 0.305 e. The molecule has 0 bridgehead atoms. The Morgan fingerprint density at radius 2 is 1.95 bits per heavy atom. The zero-order valence-corrected chi connectivity index (χ0v) is 11.6. The molecule has 19 heavy (non-hydrogen) atoms. The first-order chi connectivity index (χ1) is 9.05. The van der Waals surface area contributed by atoms with Gasteiger partial charge in [0, 0.05) is 19.4 Å². The zero-order chi connectivity index (χ0) is 13.9. The second kappa shape index (κ2) is 5.55. The van der Waals surface area contributed by atoms with Gasteiger partial charge in [0.15, 0.2) is 0 Å². The number of carbonyl (C=O) groups is 1. The van der Waals surface area contributed by atoms with E-state index in [2.05, 4.69) is 9.97 Å². The normalized spacial score (nSPS) is 18.0. The Hall–Kier alpha value is -1.65. The quantitative estimate of drug-likeness (QED) is 0.903. The van der Waals surface area contributed by atoms with Gasteiger partial charge >= 0.3 is 5.97 Å². The van der Waals surface area contributed by atoms with Gasteiger partial charge in [-0.3, -0.25) is 9.78 Å². The van der Waals surface area contributed by atoms with E-state index in [9.17, 15) is 9.90 Å². The number of aliphatic carboxylic acids is 1. The van der Waals surface area contributed by atoms with Crippen LogP contribution in [-0.2, 0) is 4.79 Å². The van der Waals surface area contributed by atoms with E-state index in [0.29, 0.717) is 0 Å². The lowest BCUT2D eigenvalue weighted by Crippen LogP contribution is -2.50. The molecular weight excluding hydrogens is 242 g/mol. The number of hydrogen-bond acceptors (Lipinski definition) is 4. The molecule has 1 aromatic rings. The molecule has 0 saturated heterocycles.